The topological polar surface area (TPSA) is 67.0 Å². The fourth-order valence-corrected chi connectivity index (χ4v) is 2.49. The second-order valence-electron chi connectivity index (χ2n) is 5.76. The van der Waals surface area contributed by atoms with Gasteiger partial charge >= 0.3 is 0 Å². The van der Waals surface area contributed by atoms with Crippen LogP contribution >= 0.6 is 0 Å². The van der Waals surface area contributed by atoms with Crippen molar-refractivity contribution in [2.75, 3.05) is 13.2 Å². The maximum Gasteiger partial charge on any atom is 0.258 e. The molecule has 0 aliphatic rings. The minimum atomic E-state index is -0.0870. The van der Waals surface area contributed by atoms with Crippen molar-refractivity contribution in [1.29, 1.82) is 0 Å². The second-order valence-corrected chi connectivity index (χ2v) is 5.76. The highest BCUT2D eigenvalue weighted by atomic mass is 16.5. The maximum atomic E-state index is 12.0. The summed E-state index contributed by atoms with van der Waals surface area (Å²) in [7, 11) is 0. The van der Waals surface area contributed by atoms with Crippen LogP contribution in [0.2, 0.25) is 0 Å². The summed E-state index contributed by atoms with van der Waals surface area (Å²) in [5, 5.41) is 4.01. The van der Waals surface area contributed by atoms with Gasteiger partial charge in [-0.25, -0.2) is 4.98 Å². The highest BCUT2D eigenvalue weighted by Crippen LogP contribution is 2.08. The van der Waals surface area contributed by atoms with E-state index in [1.807, 2.05) is 48.5 Å². The lowest BCUT2D eigenvalue weighted by Gasteiger charge is -2.14. The monoisotopic (exact) mass is 323 g/mol. The van der Waals surface area contributed by atoms with Crippen molar-refractivity contribution in [3.63, 3.8) is 0 Å². The Morgan fingerprint density at radius 2 is 1.88 bits per heavy atom. The fourth-order valence-electron chi connectivity index (χ4n) is 2.49. The van der Waals surface area contributed by atoms with Crippen LogP contribution in [0.15, 0.2) is 59.4 Å². The zero-order valence-electron chi connectivity index (χ0n) is 13.7. The summed E-state index contributed by atoms with van der Waals surface area (Å²) in [4.78, 5) is 19.4. The van der Waals surface area contributed by atoms with Gasteiger partial charge in [-0.1, -0.05) is 30.3 Å². The summed E-state index contributed by atoms with van der Waals surface area (Å²) in [6.07, 6.45) is 0.662. The second kappa shape index (κ2) is 7.75. The number of hydrogen-bond acceptors (Lipinski definition) is 4. The first-order valence-corrected chi connectivity index (χ1v) is 8.11. The van der Waals surface area contributed by atoms with Gasteiger partial charge in [0.2, 0.25) is 0 Å². The Kier molecular flexibility index (Phi) is 5.23. The molecule has 0 spiro atoms. The van der Waals surface area contributed by atoms with E-state index in [1.54, 1.807) is 6.07 Å². The van der Waals surface area contributed by atoms with E-state index in [1.165, 1.54) is 0 Å². The van der Waals surface area contributed by atoms with Gasteiger partial charge in [0, 0.05) is 19.0 Å². The molecule has 0 fully saturated rings. The molecule has 1 heterocycles. The number of aromatic nitrogens is 2. The Labute approximate surface area is 140 Å². The van der Waals surface area contributed by atoms with Crippen LogP contribution in [0.5, 0.6) is 5.75 Å². The third-order valence-electron chi connectivity index (χ3n) is 3.76. The van der Waals surface area contributed by atoms with Gasteiger partial charge in [-0.05, 0) is 31.2 Å². The number of fused-ring (bicyclic) bond motifs is 1. The van der Waals surface area contributed by atoms with E-state index >= 15 is 0 Å². The molecule has 0 bridgehead atoms. The van der Waals surface area contributed by atoms with E-state index in [9.17, 15) is 4.79 Å². The molecule has 24 heavy (non-hydrogen) atoms. The van der Waals surface area contributed by atoms with Crippen LogP contribution in [0.3, 0.4) is 0 Å². The molecule has 0 amide bonds. The molecule has 0 radical (unpaired) electrons. The molecule has 3 rings (SSSR count). The lowest BCUT2D eigenvalue weighted by atomic mass is 10.2. The summed E-state index contributed by atoms with van der Waals surface area (Å²) in [5.41, 5.74) is 0.646. The minimum Gasteiger partial charge on any atom is -0.492 e. The molecule has 5 nitrogen and oxygen atoms in total. The summed E-state index contributed by atoms with van der Waals surface area (Å²) < 4.78 is 5.71. The number of nitrogens with one attached hydrogen (secondary N) is 2. The van der Waals surface area contributed by atoms with Crippen LogP contribution < -0.4 is 15.6 Å². The number of para-hydroxylation sites is 2. The number of benzene rings is 2. The largest absolute Gasteiger partial charge is 0.492 e. The van der Waals surface area contributed by atoms with Crippen LogP contribution in [-0.4, -0.2) is 29.2 Å². The van der Waals surface area contributed by atoms with Crippen LogP contribution in [-0.2, 0) is 6.42 Å². The van der Waals surface area contributed by atoms with Gasteiger partial charge in [0.25, 0.3) is 5.56 Å². The quantitative estimate of drug-likeness (QED) is 0.701. The molecule has 1 aromatic heterocycles. The van der Waals surface area contributed by atoms with Crippen LogP contribution in [0.25, 0.3) is 10.9 Å². The standard InChI is InChI=1S/C19H21N3O2/c1-14(13-24-15-7-3-2-4-8-15)20-12-11-18-21-17-10-6-5-9-16(17)19(23)22-18/h2-10,14,20H,11-13H2,1H3,(H,21,22,23). The lowest BCUT2D eigenvalue weighted by molar-refractivity contribution is 0.274. The Hall–Kier alpha value is -2.66. The van der Waals surface area contributed by atoms with Crippen LogP contribution in [0.1, 0.15) is 12.7 Å². The number of aromatic amines is 1. The number of H-pyrrole nitrogens is 1. The van der Waals surface area contributed by atoms with Crippen LogP contribution in [0.4, 0.5) is 0 Å². The zero-order chi connectivity index (χ0) is 16.8. The van der Waals surface area contributed by atoms with Crippen molar-refractivity contribution in [3.8, 4) is 5.75 Å². The molecule has 1 atom stereocenters. The first-order chi connectivity index (χ1) is 11.7. The molecule has 0 saturated carbocycles. The summed E-state index contributed by atoms with van der Waals surface area (Å²) in [5.74, 6) is 1.56. The summed E-state index contributed by atoms with van der Waals surface area (Å²) in [6.45, 7) is 3.38. The van der Waals surface area contributed by atoms with Crippen molar-refractivity contribution in [2.24, 2.45) is 0 Å². The molecular weight excluding hydrogens is 302 g/mol. The van der Waals surface area contributed by atoms with Gasteiger partial charge < -0.3 is 15.0 Å². The van der Waals surface area contributed by atoms with Gasteiger partial charge in [-0.15, -0.1) is 0 Å². The predicted molar refractivity (Wildman–Crippen MR) is 95.5 cm³/mol. The fraction of sp³-hybridized carbons (Fsp3) is 0.263. The summed E-state index contributed by atoms with van der Waals surface area (Å²) >= 11 is 0. The van der Waals surface area contributed by atoms with Gasteiger partial charge in [0.05, 0.1) is 10.9 Å². The summed E-state index contributed by atoms with van der Waals surface area (Å²) in [6, 6.07) is 17.3. The van der Waals surface area contributed by atoms with E-state index in [2.05, 4.69) is 22.2 Å². The molecule has 0 aliphatic carbocycles. The molecule has 0 aliphatic heterocycles. The number of nitrogens with zero attached hydrogens (tertiary/aromatic N) is 1. The molecule has 1 unspecified atom stereocenters. The molecular formula is C19H21N3O2. The Balaban J connectivity index is 1.50. The van der Waals surface area contributed by atoms with E-state index in [4.69, 9.17) is 4.74 Å². The molecule has 3 aromatic rings. The van der Waals surface area contributed by atoms with Crippen molar-refractivity contribution in [2.45, 2.75) is 19.4 Å². The third-order valence-corrected chi connectivity index (χ3v) is 3.76. The smallest absolute Gasteiger partial charge is 0.258 e. The Morgan fingerprint density at radius 1 is 1.12 bits per heavy atom. The van der Waals surface area contributed by atoms with Gasteiger partial charge in [-0.3, -0.25) is 4.79 Å². The third kappa shape index (κ3) is 4.20. The van der Waals surface area contributed by atoms with E-state index < -0.39 is 0 Å². The average Bonchev–Trinajstić information content (AvgIpc) is 2.61. The minimum absolute atomic E-state index is 0.0870. The molecule has 124 valence electrons. The van der Waals surface area contributed by atoms with E-state index in [0.717, 1.165) is 17.8 Å². The highest BCUT2D eigenvalue weighted by Gasteiger charge is 2.05. The lowest BCUT2D eigenvalue weighted by Crippen LogP contribution is -2.33. The van der Waals surface area contributed by atoms with E-state index in [-0.39, 0.29) is 11.6 Å². The number of rotatable bonds is 7. The SMILES string of the molecule is CC(COc1ccccc1)NCCc1nc2ccccc2c(=O)[nH]1. The van der Waals surface area contributed by atoms with Gasteiger partial charge in [0.1, 0.15) is 18.2 Å². The average molecular weight is 323 g/mol. The molecule has 2 aromatic carbocycles. The Morgan fingerprint density at radius 3 is 2.71 bits per heavy atom. The normalized spacial score (nSPS) is 12.2. The van der Waals surface area contributed by atoms with Crippen molar-refractivity contribution in [1.82, 2.24) is 15.3 Å². The molecule has 2 N–H and O–H groups in total. The first-order valence-electron chi connectivity index (χ1n) is 8.11. The molecule has 0 saturated heterocycles. The van der Waals surface area contributed by atoms with Gasteiger partial charge in [-0.2, -0.15) is 0 Å². The predicted octanol–water partition coefficient (Wildman–Crippen LogP) is 2.52. The van der Waals surface area contributed by atoms with Crippen molar-refractivity contribution >= 4 is 10.9 Å². The number of ether oxygens (including phenoxy) is 1. The zero-order valence-corrected chi connectivity index (χ0v) is 13.7. The van der Waals surface area contributed by atoms with E-state index in [0.29, 0.717) is 24.2 Å². The van der Waals surface area contributed by atoms with Crippen molar-refractivity contribution < 1.29 is 4.74 Å². The number of hydrogen-bond donors (Lipinski definition) is 2. The first kappa shape index (κ1) is 16.2. The highest BCUT2D eigenvalue weighted by molar-refractivity contribution is 5.77. The van der Waals surface area contributed by atoms with Gasteiger partial charge in [0.15, 0.2) is 0 Å². The van der Waals surface area contributed by atoms with Crippen molar-refractivity contribution in [3.05, 3.63) is 70.8 Å². The molecule has 5 heteroatoms. The van der Waals surface area contributed by atoms with Crippen LogP contribution in [0, 0.1) is 0 Å². The maximum absolute atomic E-state index is 12.0. The Bertz CT molecular complexity index is 846.